The highest BCUT2D eigenvalue weighted by Gasteiger charge is 2.54. The summed E-state index contributed by atoms with van der Waals surface area (Å²) >= 11 is 0. The molecule has 27 heavy (non-hydrogen) atoms. The molecule has 0 bridgehead atoms. The van der Waals surface area contributed by atoms with E-state index in [4.69, 9.17) is 4.74 Å². The highest BCUT2D eigenvalue weighted by atomic mass is 16.6. The summed E-state index contributed by atoms with van der Waals surface area (Å²) in [4.78, 5) is 14.7. The zero-order valence-electron chi connectivity index (χ0n) is 16.4. The van der Waals surface area contributed by atoms with Crippen molar-refractivity contribution in [3.63, 3.8) is 0 Å². The summed E-state index contributed by atoms with van der Waals surface area (Å²) in [5.74, 6) is 0.0418. The fraction of sp³-hybridized carbons (Fsp3) is 0.435. The average molecular weight is 365 g/mol. The predicted molar refractivity (Wildman–Crippen MR) is 106 cm³/mol. The molecule has 1 heterocycles. The standard InChI is InChI=1S/C23H27NO3/c1-22(2)13-20(25)23(3,4)24(22)21(26)27-14-19-17-11-7-5-9-15(17)16-10-6-8-12-18(16)19/h5-12,19-20,25H,13-14H2,1-4H3. The molecule has 4 nitrogen and oxygen atoms in total. The lowest BCUT2D eigenvalue weighted by Gasteiger charge is -2.39. The van der Waals surface area contributed by atoms with Gasteiger partial charge in [-0.1, -0.05) is 48.5 Å². The molecular weight excluding hydrogens is 338 g/mol. The van der Waals surface area contributed by atoms with Gasteiger partial charge < -0.3 is 9.84 Å². The van der Waals surface area contributed by atoms with Crippen molar-refractivity contribution in [3.8, 4) is 11.1 Å². The van der Waals surface area contributed by atoms with E-state index in [1.807, 2.05) is 52.0 Å². The number of likely N-dealkylation sites (tertiary alicyclic amines) is 1. The van der Waals surface area contributed by atoms with Gasteiger partial charge in [0.2, 0.25) is 0 Å². The van der Waals surface area contributed by atoms with Crippen LogP contribution in [-0.4, -0.2) is 39.9 Å². The van der Waals surface area contributed by atoms with Gasteiger partial charge in [-0.25, -0.2) is 4.79 Å². The van der Waals surface area contributed by atoms with E-state index in [2.05, 4.69) is 24.3 Å². The average Bonchev–Trinajstić information content (AvgIpc) is 3.01. The first-order chi connectivity index (χ1) is 12.7. The third-order valence-electron chi connectivity index (χ3n) is 6.21. The van der Waals surface area contributed by atoms with Crippen LogP contribution in [0.3, 0.4) is 0 Å². The first-order valence-corrected chi connectivity index (χ1v) is 9.57. The smallest absolute Gasteiger partial charge is 0.410 e. The Morgan fingerprint density at radius 3 is 2.04 bits per heavy atom. The van der Waals surface area contributed by atoms with Gasteiger partial charge in [0.25, 0.3) is 0 Å². The van der Waals surface area contributed by atoms with Crippen molar-refractivity contribution in [2.75, 3.05) is 6.61 Å². The first kappa shape index (κ1) is 18.1. The van der Waals surface area contributed by atoms with E-state index in [1.165, 1.54) is 22.3 Å². The van der Waals surface area contributed by atoms with Crippen LogP contribution in [0.1, 0.15) is 51.2 Å². The molecule has 2 aliphatic rings. The topological polar surface area (TPSA) is 49.8 Å². The number of ether oxygens (including phenoxy) is 1. The van der Waals surface area contributed by atoms with Crippen LogP contribution >= 0.6 is 0 Å². The van der Waals surface area contributed by atoms with Gasteiger partial charge in [-0.2, -0.15) is 0 Å². The second-order valence-corrected chi connectivity index (χ2v) is 8.83. The van der Waals surface area contributed by atoms with Crippen molar-refractivity contribution < 1.29 is 14.6 Å². The molecule has 1 aliphatic heterocycles. The Morgan fingerprint density at radius 2 is 1.56 bits per heavy atom. The molecule has 0 spiro atoms. The lowest BCUT2D eigenvalue weighted by Crippen LogP contribution is -2.54. The van der Waals surface area contributed by atoms with Crippen molar-refractivity contribution in [2.24, 2.45) is 0 Å². The van der Waals surface area contributed by atoms with E-state index in [0.717, 1.165) is 0 Å². The van der Waals surface area contributed by atoms with E-state index in [9.17, 15) is 9.90 Å². The normalized spacial score (nSPS) is 22.4. The number of fused-ring (bicyclic) bond motifs is 3. The molecule has 4 heteroatoms. The number of hydrogen-bond donors (Lipinski definition) is 1. The Balaban J connectivity index is 1.58. The lowest BCUT2D eigenvalue weighted by atomic mass is 9.97. The van der Waals surface area contributed by atoms with Gasteiger partial charge in [-0.15, -0.1) is 0 Å². The number of benzene rings is 2. The number of amides is 1. The largest absolute Gasteiger partial charge is 0.448 e. The lowest BCUT2D eigenvalue weighted by molar-refractivity contribution is 0.0167. The zero-order valence-corrected chi connectivity index (χ0v) is 16.4. The van der Waals surface area contributed by atoms with Crippen molar-refractivity contribution in [1.29, 1.82) is 0 Å². The number of hydrogen-bond acceptors (Lipinski definition) is 3. The number of carbonyl (C=O) groups excluding carboxylic acids is 1. The molecule has 1 atom stereocenters. The van der Waals surface area contributed by atoms with Crippen molar-refractivity contribution in [1.82, 2.24) is 4.90 Å². The summed E-state index contributed by atoms with van der Waals surface area (Å²) < 4.78 is 5.82. The highest BCUT2D eigenvalue weighted by Crippen LogP contribution is 2.45. The predicted octanol–water partition coefficient (Wildman–Crippen LogP) is 4.56. The zero-order chi connectivity index (χ0) is 19.4. The van der Waals surface area contributed by atoms with Gasteiger partial charge >= 0.3 is 6.09 Å². The first-order valence-electron chi connectivity index (χ1n) is 9.57. The summed E-state index contributed by atoms with van der Waals surface area (Å²) in [5.41, 5.74) is 3.74. The second-order valence-electron chi connectivity index (χ2n) is 8.83. The molecule has 0 aromatic heterocycles. The highest BCUT2D eigenvalue weighted by molar-refractivity contribution is 5.79. The Hall–Kier alpha value is -2.33. The number of aliphatic hydroxyl groups is 1. The molecule has 1 aliphatic carbocycles. The molecule has 142 valence electrons. The fourth-order valence-electron chi connectivity index (χ4n) is 4.88. The van der Waals surface area contributed by atoms with Crippen LogP contribution in [-0.2, 0) is 4.74 Å². The summed E-state index contributed by atoms with van der Waals surface area (Å²) in [6.07, 6.45) is -0.374. The molecule has 1 fully saturated rings. The Labute approximate surface area is 160 Å². The van der Waals surface area contributed by atoms with Crippen LogP contribution in [0.5, 0.6) is 0 Å². The van der Waals surface area contributed by atoms with E-state index < -0.39 is 17.2 Å². The number of nitrogens with zero attached hydrogens (tertiary/aromatic N) is 1. The minimum atomic E-state index is -0.647. The van der Waals surface area contributed by atoms with E-state index in [0.29, 0.717) is 13.0 Å². The van der Waals surface area contributed by atoms with Crippen molar-refractivity contribution in [3.05, 3.63) is 59.7 Å². The maximum absolute atomic E-state index is 13.0. The summed E-state index contributed by atoms with van der Waals surface area (Å²) in [6, 6.07) is 16.6. The third-order valence-corrected chi connectivity index (χ3v) is 6.21. The van der Waals surface area contributed by atoms with Gasteiger partial charge in [0, 0.05) is 11.5 Å². The monoisotopic (exact) mass is 365 g/mol. The fourth-order valence-corrected chi connectivity index (χ4v) is 4.88. The molecule has 1 N–H and O–H groups in total. The number of rotatable bonds is 2. The van der Waals surface area contributed by atoms with Gasteiger partial charge in [0.05, 0.1) is 11.6 Å². The molecule has 2 aromatic rings. The molecule has 2 aromatic carbocycles. The molecule has 4 rings (SSSR count). The minimum Gasteiger partial charge on any atom is -0.448 e. The Kier molecular flexibility index (Phi) is 4.08. The van der Waals surface area contributed by atoms with Crippen LogP contribution in [0.4, 0.5) is 4.79 Å². The van der Waals surface area contributed by atoms with E-state index >= 15 is 0 Å². The van der Waals surface area contributed by atoms with E-state index in [1.54, 1.807) is 4.90 Å². The number of aliphatic hydroxyl groups excluding tert-OH is 1. The molecular formula is C23H27NO3. The third kappa shape index (κ3) is 2.74. The van der Waals surface area contributed by atoms with Crippen LogP contribution in [0.25, 0.3) is 11.1 Å². The SMILES string of the molecule is CC1(C)CC(O)C(C)(C)N1C(=O)OCC1c2ccccc2-c2ccccc21. The summed E-state index contributed by atoms with van der Waals surface area (Å²) in [6.45, 7) is 8.05. The van der Waals surface area contributed by atoms with Gasteiger partial charge in [-0.05, 0) is 56.4 Å². The van der Waals surface area contributed by atoms with Crippen LogP contribution in [0, 0.1) is 0 Å². The maximum Gasteiger partial charge on any atom is 0.410 e. The van der Waals surface area contributed by atoms with E-state index in [-0.39, 0.29) is 12.0 Å². The summed E-state index contributed by atoms with van der Waals surface area (Å²) in [5, 5.41) is 10.4. The molecule has 1 amide bonds. The van der Waals surface area contributed by atoms with Crippen LogP contribution in [0.15, 0.2) is 48.5 Å². The minimum absolute atomic E-state index is 0.0418. The number of carbonyl (C=O) groups is 1. The van der Waals surface area contributed by atoms with Crippen molar-refractivity contribution in [2.45, 2.75) is 57.2 Å². The maximum atomic E-state index is 13.0. The Morgan fingerprint density at radius 1 is 1.04 bits per heavy atom. The molecule has 0 saturated carbocycles. The summed E-state index contributed by atoms with van der Waals surface area (Å²) in [7, 11) is 0. The van der Waals surface area contributed by atoms with Gasteiger partial charge in [0.1, 0.15) is 6.61 Å². The van der Waals surface area contributed by atoms with Crippen molar-refractivity contribution >= 4 is 6.09 Å². The second kappa shape index (κ2) is 6.10. The molecule has 0 radical (unpaired) electrons. The quantitative estimate of drug-likeness (QED) is 0.849. The van der Waals surface area contributed by atoms with Crippen LogP contribution in [0.2, 0.25) is 0 Å². The Bertz CT molecular complexity index is 841. The van der Waals surface area contributed by atoms with Crippen LogP contribution < -0.4 is 0 Å². The molecule has 1 unspecified atom stereocenters. The molecule has 1 saturated heterocycles. The van der Waals surface area contributed by atoms with Gasteiger partial charge in [-0.3, -0.25) is 4.90 Å². The van der Waals surface area contributed by atoms with Gasteiger partial charge in [0.15, 0.2) is 0 Å².